The van der Waals surface area contributed by atoms with Gasteiger partial charge in [0.1, 0.15) is 0 Å². The van der Waals surface area contributed by atoms with Gasteiger partial charge in [-0.1, -0.05) is 36.8 Å². The predicted molar refractivity (Wildman–Crippen MR) is 129 cm³/mol. The summed E-state index contributed by atoms with van der Waals surface area (Å²) >= 11 is 0. The van der Waals surface area contributed by atoms with E-state index in [0.717, 1.165) is 42.5 Å². The molecular formula is C28H35N3O2. The Morgan fingerprint density at radius 3 is 2.61 bits per heavy atom. The predicted octanol–water partition coefficient (Wildman–Crippen LogP) is 4.61. The lowest BCUT2D eigenvalue weighted by atomic mass is 9.72. The first-order chi connectivity index (χ1) is 15.9. The number of nitrogens with one attached hydrogen (secondary N) is 1. The molecule has 0 radical (unpaired) electrons. The summed E-state index contributed by atoms with van der Waals surface area (Å²) in [6.45, 7) is 5.29. The van der Waals surface area contributed by atoms with Gasteiger partial charge in [-0.3, -0.25) is 14.6 Å². The van der Waals surface area contributed by atoms with Gasteiger partial charge in [-0.05, 0) is 75.0 Å². The van der Waals surface area contributed by atoms with Crippen molar-refractivity contribution in [1.29, 1.82) is 0 Å². The normalized spacial score (nSPS) is 25.5. The SMILES string of the molecule is CC(C)NC(=O)[C@]1(Cc2ccccc2-c2cccnc2)CCCN(C(=O)[C@H]2CC23CCC3)C1. The summed E-state index contributed by atoms with van der Waals surface area (Å²) in [5.41, 5.74) is 3.01. The maximum atomic E-state index is 13.7. The highest BCUT2D eigenvalue weighted by atomic mass is 16.2. The van der Waals surface area contributed by atoms with E-state index in [9.17, 15) is 9.59 Å². The Balaban J connectivity index is 1.44. The fraction of sp³-hybridized carbons (Fsp3) is 0.536. The van der Waals surface area contributed by atoms with Crippen LogP contribution in [0.2, 0.25) is 0 Å². The van der Waals surface area contributed by atoms with Gasteiger partial charge in [-0.15, -0.1) is 0 Å². The van der Waals surface area contributed by atoms with Crippen LogP contribution in [0.5, 0.6) is 0 Å². The van der Waals surface area contributed by atoms with E-state index < -0.39 is 5.41 Å². The van der Waals surface area contributed by atoms with Crippen molar-refractivity contribution in [3.05, 3.63) is 54.4 Å². The molecule has 1 aromatic heterocycles. The number of carbonyl (C=O) groups excluding carboxylic acids is 2. The van der Waals surface area contributed by atoms with Crippen LogP contribution in [-0.2, 0) is 16.0 Å². The molecule has 5 heteroatoms. The van der Waals surface area contributed by atoms with Gasteiger partial charge in [0.2, 0.25) is 11.8 Å². The first-order valence-electron chi connectivity index (χ1n) is 12.5. The smallest absolute Gasteiger partial charge is 0.228 e. The molecule has 5 nitrogen and oxygen atoms in total. The Hall–Kier alpha value is -2.69. The third-order valence-electron chi connectivity index (χ3n) is 8.15. The average molecular weight is 446 g/mol. The second-order valence-electron chi connectivity index (χ2n) is 10.8. The zero-order chi connectivity index (χ0) is 23.1. The second kappa shape index (κ2) is 8.58. The summed E-state index contributed by atoms with van der Waals surface area (Å²) in [5.74, 6) is 0.555. The molecule has 2 atom stereocenters. The molecule has 0 bridgehead atoms. The highest BCUT2D eigenvalue weighted by Crippen LogP contribution is 2.66. The molecule has 1 aliphatic heterocycles. The van der Waals surface area contributed by atoms with E-state index >= 15 is 0 Å². The highest BCUT2D eigenvalue weighted by Gasteiger charge is 2.62. The van der Waals surface area contributed by atoms with Crippen LogP contribution in [-0.4, -0.2) is 40.8 Å². The van der Waals surface area contributed by atoms with Crippen LogP contribution in [0.15, 0.2) is 48.8 Å². The van der Waals surface area contributed by atoms with Crippen LogP contribution >= 0.6 is 0 Å². The molecule has 1 aromatic carbocycles. The van der Waals surface area contributed by atoms with Gasteiger partial charge >= 0.3 is 0 Å². The molecule has 2 heterocycles. The highest BCUT2D eigenvalue weighted by molar-refractivity contribution is 5.87. The number of hydrogen-bond donors (Lipinski definition) is 1. The molecule has 1 saturated heterocycles. The van der Waals surface area contributed by atoms with Crippen molar-refractivity contribution in [2.24, 2.45) is 16.7 Å². The van der Waals surface area contributed by atoms with Crippen LogP contribution in [0.25, 0.3) is 11.1 Å². The first-order valence-corrected chi connectivity index (χ1v) is 12.5. The quantitative estimate of drug-likeness (QED) is 0.706. The van der Waals surface area contributed by atoms with Gasteiger partial charge in [0.05, 0.1) is 5.41 Å². The van der Waals surface area contributed by atoms with E-state index in [4.69, 9.17) is 0 Å². The lowest BCUT2D eigenvalue weighted by Crippen LogP contribution is -2.56. The Kier molecular flexibility index (Phi) is 5.75. The van der Waals surface area contributed by atoms with Crippen LogP contribution in [0.3, 0.4) is 0 Å². The molecule has 3 fully saturated rings. The third-order valence-corrected chi connectivity index (χ3v) is 8.15. The monoisotopic (exact) mass is 445 g/mol. The Labute approximate surface area is 197 Å². The third kappa shape index (κ3) is 4.18. The van der Waals surface area contributed by atoms with E-state index in [-0.39, 0.29) is 23.8 Å². The van der Waals surface area contributed by atoms with E-state index in [2.05, 4.69) is 28.5 Å². The fourth-order valence-corrected chi connectivity index (χ4v) is 6.09. The number of likely N-dealkylation sites (tertiary alicyclic amines) is 1. The number of hydrogen-bond acceptors (Lipinski definition) is 3. The summed E-state index contributed by atoms with van der Waals surface area (Å²) in [4.78, 5) is 33.4. The molecule has 0 unspecified atom stereocenters. The minimum Gasteiger partial charge on any atom is -0.353 e. The van der Waals surface area contributed by atoms with Crippen molar-refractivity contribution in [2.75, 3.05) is 13.1 Å². The molecule has 2 aliphatic carbocycles. The molecule has 33 heavy (non-hydrogen) atoms. The van der Waals surface area contributed by atoms with Gasteiger partial charge < -0.3 is 10.2 Å². The number of pyridine rings is 1. The van der Waals surface area contributed by atoms with E-state index in [1.54, 1.807) is 6.20 Å². The number of carbonyl (C=O) groups is 2. The molecule has 174 valence electrons. The Morgan fingerprint density at radius 2 is 1.94 bits per heavy atom. The summed E-state index contributed by atoms with van der Waals surface area (Å²) < 4.78 is 0. The lowest BCUT2D eigenvalue weighted by molar-refractivity contribution is -0.143. The summed E-state index contributed by atoms with van der Waals surface area (Å²) in [7, 11) is 0. The lowest BCUT2D eigenvalue weighted by Gasteiger charge is -2.43. The average Bonchev–Trinajstić information content (AvgIpc) is 3.56. The van der Waals surface area contributed by atoms with Gasteiger partial charge in [-0.2, -0.15) is 0 Å². The van der Waals surface area contributed by atoms with Crippen molar-refractivity contribution in [3.63, 3.8) is 0 Å². The Morgan fingerprint density at radius 1 is 1.12 bits per heavy atom. The molecule has 3 aliphatic rings. The minimum atomic E-state index is -0.613. The molecule has 1 N–H and O–H groups in total. The fourth-order valence-electron chi connectivity index (χ4n) is 6.09. The van der Waals surface area contributed by atoms with Gasteiger partial charge in [0.15, 0.2) is 0 Å². The molecular weight excluding hydrogens is 410 g/mol. The molecule has 5 rings (SSSR count). The minimum absolute atomic E-state index is 0.0655. The Bertz CT molecular complexity index is 1030. The maximum Gasteiger partial charge on any atom is 0.228 e. The number of piperidine rings is 1. The van der Waals surface area contributed by atoms with Crippen molar-refractivity contribution >= 4 is 11.8 Å². The molecule has 1 spiro atoms. The zero-order valence-electron chi connectivity index (χ0n) is 19.8. The molecule has 2 amide bonds. The van der Waals surface area contributed by atoms with Gasteiger partial charge in [0, 0.05) is 43.0 Å². The largest absolute Gasteiger partial charge is 0.353 e. The van der Waals surface area contributed by atoms with Crippen LogP contribution in [0.1, 0.15) is 57.9 Å². The summed E-state index contributed by atoms with van der Waals surface area (Å²) in [6.07, 6.45) is 10.7. The summed E-state index contributed by atoms with van der Waals surface area (Å²) in [5, 5.41) is 3.19. The molecule has 2 saturated carbocycles. The zero-order valence-corrected chi connectivity index (χ0v) is 19.8. The number of nitrogens with zero attached hydrogens (tertiary/aromatic N) is 2. The van der Waals surface area contributed by atoms with Gasteiger partial charge in [0.25, 0.3) is 0 Å². The van der Waals surface area contributed by atoms with E-state index in [0.29, 0.717) is 18.4 Å². The standard InChI is InChI=1S/C28H35N3O2/c1-20(2)30-26(33)28(16-21-8-3-4-10-23(21)22-9-5-14-29-18-22)13-7-15-31(19-28)25(32)24-17-27(24)11-6-12-27/h3-5,8-10,14,18,20,24H,6-7,11-13,15-17,19H2,1-2H3,(H,30,33)/t24-,28+/m1/s1. The number of amides is 2. The van der Waals surface area contributed by atoms with E-state index in [1.807, 2.05) is 43.1 Å². The number of aromatic nitrogens is 1. The second-order valence-corrected chi connectivity index (χ2v) is 10.8. The van der Waals surface area contributed by atoms with Crippen LogP contribution < -0.4 is 5.32 Å². The maximum absolute atomic E-state index is 13.7. The summed E-state index contributed by atoms with van der Waals surface area (Å²) in [6, 6.07) is 12.4. The topological polar surface area (TPSA) is 62.3 Å². The van der Waals surface area contributed by atoms with Crippen LogP contribution in [0.4, 0.5) is 0 Å². The van der Waals surface area contributed by atoms with Crippen molar-refractivity contribution < 1.29 is 9.59 Å². The van der Waals surface area contributed by atoms with E-state index in [1.165, 1.54) is 19.3 Å². The number of rotatable bonds is 6. The van der Waals surface area contributed by atoms with Crippen LogP contribution in [0, 0.1) is 16.7 Å². The van der Waals surface area contributed by atoms with Crippen molar-refractivity contribution in [2.45, 2.75) is 64.8 Å². The first kappa shape index (κ1) is 22.1. The molecule has 2 aromatic rings. The number of benzene rings is 1. The van der Waals surface area contributed by atoms with Crippen molar-refractivity contribution in [1.82, 2.24) is 15.2 Å². The van der Waals surface area contributed by atoms with Crippen molar-refractivity contribution in [3.8, 4) is 11.1 Å². The van der Waals surface area contributed by atoms with Gasteiger partial charge in [-0.25, -0.2) is 0 Å².